The average molecular weight is 402 g/mol. The number of nitrogen functional groups attached to an aromatic ring is 1. The van der Waals surface area contributed by atoms with Crippen molar-refractivity contribution in [2.45, 2.75) is 33.0 Å². The van der Waals surface area contributed by atoms with Crippen molar-refractivity contribution in [2.24, 2.45) is 0 Å². The van der Waals surface area contributed by atoms with Crippen LogP contribution in [0.15, 0.2) is 48.5 Å². The summed E-state index contributed by atoms with van der Waals surface area (Å²) >= 11 is 0. The van der Waals surface area contributed by atoms with Gasteiger partial charge in [-0.25, -0.2) is 0 Å². The number of nitrogens with two attached hydrogens (primary N) is 1. The molecule has 0 aliphatic rings. The number of aromatic nitrogens is 2. The Hall–Kier alpha value is -3.29. The molecule has 1 aromatic heterocycles. The Kier molecular flexibility index (Phi) is 5.37. The zero-order valence-corrected chi connectivity index (χ0v) is 16.2. The van der Waals surface area contributed by atoms with Crippen LogP contribution in [0.4, 0.5) is 24.5 Å². The molecule has 0 spiro atoms. The molecule has 3 aromatic rings. The van der Waals surface area contributed by atoms with Gasteiger partial charge in [0.15, 0.2) is 5.69 Å². The topological polar surface area (TPSA) is 72.9 Å². The minimum absolute atomic E-state index is 0.192. The van der Waals surface area contributed by atoms with E-state index >= 15 is 0 Å². The number of carbonyl (C=O) groups excluding carboxylic acids is 1. The summed E-state index contributed by atoms with van der Waals surface area (Å²) in [5, 5.41) is 6.46. The first kappa shape index (κ1) is 20.4. The summed E-state index contributed by atoms with van der Waals surface area (Å²) in [6.45, 7) is 5.38. The number of aryl methyl sites for hydroxylation is 1. The summed E-state index contributed by atoms with van der Waals surface area (Å²) in [6, 6.07) is 12.5. The lowest BCUT2D eigenvalue weighted by Crippen LogP contribution is -2.13. The molecule has 8 heteroatoms. The molecule has 2 aromatic carbocycles. The average Bonchev–Trinajstić information content (AvgIpc) is 3.07. The Morgan fingerprint density at radius 2 is 1.86 bits per heavy atom. The molecule has 0 atom stereocenters. The van der Waals surface area contributed by atoms with Crippen LogP contribution in [-0.2, 0) is 6.18 Å². The van der Waals surface area contributed by atoms with Gasteiger partial charge in [-0.2, -0.15) is 18.3 Å². The molecule has 1 heterocycles. The number of halogens is 3. The van der Waals surface area contributed by atoms with Crippen LogP contribution >= 0.6 is 0 Å². The van der Waals surface area contributed by atoms with Gasteiger partial charge in [-0.1, -0.05) is 12.1 Å². The zero-order valence-electron chi connectivity index (χ0n) is 16.2. The van der Waals surface area contributed by atoms with Crippen LogP contribution in [0.2, 0.25) is 0 Å². The molecule has 0 fully saturated rings. The summed E-state index contributed by atoms with van der Waals surface area (Å²) in [6.07, 6.45) is -4.56. The fraction of sp³-hybridized carbons (Fsp3) is 0.238. The summed E-state index contributed by atoms with van der Waals surface area (Å²) in [4.78, 5) is 12.5. The van der Waals surface area contributed by atoms with Crippen molar-refractivity contribution in [3.63, 3.8) is 0 Å². The van der Waals surface area contributed by atoms with Gasteiger partial charge in [0.05, 0.1) is 5.69 Å². The van der Waals surface area contributed by atoms with Crippen molar-refractivity contribution in [1.29, 1.82) is 0 Å². The zero-order chi connectivity index (χ0) is 21.3. The molecular weight excluding hydrogens is 381 g/mol. The molecule has 0 saturated heterocycles. The molecule has 0 unspecified atom stereocenters. The predicted molar refractivity (Wildman–Crippen MR) is 107 cm³/mol. The van der Waals surface area contributed by atoms with Crippen LogP contribution in [0.5, 0.6) is 0 Å². The van der Waals surface area contributed by atoms with E-state index in [0.717, 1.165) is 11.6 Å². The molecule has 0 aliphatic carbocycles. The van der Waals surface area contributed by atoms with Crippen LogP contribution in [-0.4, -0.2) is 15.7 Å². The van der Waals surface area contributed by atoms with Gasteiger partial charge in [-0.3, -0.25) is 9.48 Å². The SMILES string of the molecule is Cc1cccc(NC(=O)c2ccc(-c3cc(C(F)(F)F)nn3C(C)C)c(N)c2)c1. The quantitative estimate of drug-likeness (QED) is 0.582. The minimum atomic E-state index is -4.56. The van der Waals surface area contributed by atoms with E-state index in [4.69, 9.17) is 5.73 Å². The summed E-state index contributed by atoms with van der Waals surface area (Å²) in [7, 11) is 0. The van der Waals surface area contributed by atoms with Gasteiger partial charge in [-0.05, 0) is 62.7 Å². The monoisotopic (exact) mass is 402 g/mol. The van der Waals surface area contributed by atoms with Crippen molar-refractivity contribution >= 4 is 17.3 Å². The van der Waals surface area contributed by atoms with Gasteiger partial charge < -0.3 is 11.1 Å². The molecule has 0 saturated carbocycles. The smallest absolute Gasteiger partial charge is 0.398 e. The maximum absolute atomic E-state index is 13.1. The number of nitrogens with one attached hydrogen (secondary N) is 1. The van der Waals surface area contributed by atoms with Gasteiger partial charge in [0.2, 0.25) is 0 Å². The number of benzene rings is 2. The highest BCUT2D eigenvalue weighted by molar-refractivity contribution is 6.05. The summed E-state index contributed by atoms with van der Waals surface area (Å²) in [5.41, 5.74) is 7.88. The van der Waals surface area contributed by atoms with Crippen molar-refractivity contribution in [2.75, 3.05) is 11.1 Å². The summed E-state index contributed by atoms with van der Waals surface area (Å²) < 4.78 is 40.6. The highest BCUT2D eigenvalue weighted by atomic mass is 19.4. The van der Waals surface area contributed by atoms with Crippen molar-refractivity contribution < 1.29 is 18.0 Å². The van der Waals surface area contributed by atoms with Crippen LogP contribution in [0.25, 0.3) is 11.3 Å². The third-order valence-corrected chi connectivity index (χ3v) is 4.38. The molecule has 152 valence electrons. The van der Waals surface area contributed by atoms with Gasteiger partial charge in [0.1, 0.15) is 0 Å². The lowest BCUT2D eigenvalue weighted by atomic mass is 10.0. The second kappa shape index (κ2) is 7.62. The van der Waals surface area contributed by atoms with Crippen molar-refractivity contribution in [3.05, 3.63) is 65.4 Å². The van der Waals surface area contributed by atoms with Crippen molar-refractivity contribution in [3.8, 4) is 11.3 Å². The number of alkyl halides is 3. The maximum Gasteiger partial charge on any atom is 0.435 e. The van der Waals surface area contributed by atoms with Crippen molar-refractivity contribution in [1.82, 2.24) is 9.78 Å². The Morgan fingerprint density at radius 1 is 1.14 bits per heavy atom. The normalized spacial score (nSPS) is 11.7. The maximum atomic E-state index is 13.1. The fourth-order valence-corrected chi connectivity index (χ4v) is 2.99. The first-order valence-electron chi connectivity index (χ1n) is 9.01. The van der Waals surface area contributed by atoms with Crippen LogP contribution in [0.1, 0.15) is 41.5 Å². The third-order valence-electron chi connectivity index (χ3n) is 4.38. The molecule has 0 aliphatic heterocycles. The second-order valence-corrected chi connectivity index (χ2v) is 7.08. The molecule has 3 N–H and O–H groups in total. The number of hydrogen-bond acceptors (Lipinski definition) is 3. The number of amides is 1. The largest absolute Gasteiger partial charge is 0.435 e. The fourth-order valence-electron chi connectivity index (χ4n) is 2.99. The number of carbonyl (C=O) groups is 1. The lowest BCUT2D eigenvalue weighted by molar-refractivity contribution is -0.141. The van der Waals surface area contributed by atoms with E-state index in [1.165, 1.54) is 22.9 Å². The first-order valence-corrected chi connectivity index (χ1v) is 9.01. The number of nitrogens with zero attached hydrogens (tertiary/aromatic N) is 2. The highest BCUT2D eigenvalue weighted by Crippen LogP contribution is 2.35. The lowest BCUT2D eigenvalue weighted by Gasteiger charge is -2.13. The van der Waals surface area contributed by atoms with E-state index < -0.39 is 11.9 Å². The Balaban J connectivity index is 1.94. The molecule has 0 radical (unpaired) electrons. The molecule has 0 bridgehead atoms. The van der Waals surface area contributed by atoms with E-state index in [0.29, 0.717) is 16.8 Å². The van der Waals surface area contributed by atoms with E-state index in [-0.39, 0.29) is 23.3 Å². The van der Waals surface area contributed by atoms with Gasteiger partial charge >= 0.3 is 6.18 Å². The van der Waals surface area contributed by atoms with Crippen LogP contribution in [0, 0.1) is 6.92 Å². The van der Waals surface area contributed by atoms with Gasteiger partial charge in [0.25, 0.3) is 5.91 Å². The number of hydrogen-bond donors (Lipinski definition) is 2. The van der Waals surface area contributed by atoms with E-state index in [2.05, 4.69) is 10.4 Å². The van der Waals surface area contributed by atoms with E-state index in [1.807, 2.05) is 25.1 Å². The summed E-state index contributed by atoms with van der Waals surface area (Å²) in [5.74, 6) is -0.359. The highest BCUT2D eigenvalue weighted by Gasteiger charge is 2.35. The number of anilines is 2. The first-order chi connectivity index (χ1) is 13.6. The molecule has 5 nitrogen and oxygen atoms in total. The predicted octanol–water partition coefficient (Wildman–Crippen LogP) is 5.29. The van der Waals surface area contributed by atoms with E-state index in [9.17, 15) is 18.0 Å². The Bertz CT molecular complexity index is 1050. The van der Waals surface area contributed by atoms with Gasteiger partial charge in [-0.15, -0.1) is 0 Å². The second-order valence-electron chi connectivity index (χ2n) is 7.08. The van der Waals surface area contributed by atoms with Crippen LogP contribution < -0.4 is 11.1 Å². The molecular formula is C21H21F3N4O. The third kappa shape index (κ3) is 4.42. The Morgan fingerprint density at radius 3 is 2.45 bits per heavy atom. The van der Waals surface area contributed by atoms with E-state index in [1.54, 1.807) is 19.9 Å². The Labute approximate surface area is 166 Å². The van der Waals surface area contributed by atoms with Gasteiger partial charge in [0, 0.05) is 28.5 Å². The molecule has 1 amide bonds. The number of rotatable bonds is 4. The molecule has 3 rings (SSSR count). The minimum Gasteiger partial charge on any atom is -0.398 e. The standard InChI is InChI=1S/C21H21F3N4O/c1-12(2)28-18(11-19(27-28)21(22,23)24)16-8-7-14(10-17(16)25)20(29)26-15-6-4-5-13(3)9-15/h4-12H,25H2,1-3H3,(H,26,29). The molecule has 29 heavy (non-hydrogen) atoms. The van der Waals surface area contributed by atoms with Crippen LogP contribution in [0.3, 0.4) is 0 Å².